The van der Waals surface area contributed by atoms with Crippen LogP contribution in [0.2, 0.25) is 0 Å². The van der Waals surface area contributed by atoms with E-state index in [1.165, 1.54) is 24.3 Å². The highest BCUT2D eigenvalue weighted by molar-refractivity contribution is 7.99. The van der Waals surface area contributed by atoms with Crippen molar-refractivity contribution in [3.05, 3.63) is 16.1 Å². The van der Waals surface area contributed by atoms with Crippen LogP contribution < -0.4 is 10.6 Å². The lowest BCUT2D eigenvalue weighted by Gasteiger charge is -2.24. The van der Waals surface area contributed by atoms with Crippen molar-refractivity contribution < 1.29 is 0 Å². The molecule has 0 aromatic carbocycles. The van der Waals surface area contributed by atoms with Crippen molar-refractivity contribution in [2.75, 3.05) is 18.1 Å². The zero-order valence-corrected chi connectivity index (χ0v) is 15.7. The van der Waals surface area contributed by atoms with Gasteiger partial charge in [-0.2, -0.15) is 11.8 Å². The highest BCUT2D eigenvalue weighted by Gasteiger charge is 2.18. The van der Waals surface area contributed by atoms with Crippen molar-refractivity contribution in [2.45, 2.75) is 58.5 Å². The number of rotatable bonds is 4. The molecule has 0 aliphatic carbocycles. The maximum Gasteiger partial charge on any atom is 0.191 e. The molecule has 0 saturated carbocycles. The first-order chi connectivity index (χ1) is 10.5. The van der Waals surface area contributed by atoms with Crippen LogP contribution in [-0.4, -0.2) is 35.0 Å². The van der Waals surface area contributed by atoms with E-state index in [2.05, 4.69) is 43.7 Å². The summed E-state index contributed by atoms with van der Waals surface area (Å²) < 4.78 is 0. The summed E-state index contributed by atoms with van der Waals surface area (Å²) in [5.41, 5.74) is 1.27. The van der Waals surface area contributed by atoms with Crippen LogP contribution in [-0.2, 0) is 12.0 Å². The Morgan fingerprint density at radius 2 is 2.27 bits per heavy atom. The maximum atomic E-state index is 4.71. The highest BCUT2D eigenvalue weighted by Crippen LogP contribution is 2.24. The van der Waals surface area contributed by atoms with Gasteiger partial charge in [0.1, 0.15) is 5.01 Å². The predicted octanol–water partition coefficient (Wildman–Crippen LogP) is 3.39. The van der Waals surface area contributed by atoms with Gasteiger partial charge in [0.15, 0.2) is 5.96 Å². The van der Waals surface area contributed by atoms with E-state index in [4.69, 9.17) is 9.98 Å². The number of thioether (sulfide) groups is 1. The topological polar surface area (TPSA) is 49.3 Å². The van der Waals surface area contributed by atoms with Crippen LogP contribution in [0.5, 0.6) is 0 Å². The SMILES string of the molecule is CCNC(=NCc1nc(C(C)(C)C)cs1)NC1CCCSC1. The summed E-state index contributed by atoms with van der Waals surface area (Å²) in [4.78, 5) is 9.42. The quantitative estimate of drug-likeness (QED) is 0.651. The largest absolute Gasteiger partial charge is 0.357 e. The Hall–Kier alpha value is -0.750. The minimum absolute atomic E-state index is 0.112. The van der Waals surface area contributed by atoms with Crippen LogP contribution in [0.15, 0.2) is 10.4 Å². The van der Waals surface area contributed by atoms with Crippen LogP contribution in [0, 0.1) is 0 Å². The Kier molecular flexibility index (Phi) is 6.56. The van der Waals surface area contributed by atoms with Crippen LogP contribution >= 0.6 is 23.1 Å². The van der Waals surface area contributed by atoms with Crippen molar-refractivity contribution in [1.29, 1.82) is 0 Å². The van der Waals surface area contributed by atoms with E-state index in [1.807, 2.05) is 11.8 Å². The van der Waals surface area contributed by atoms with Gasteiger partial charge in [0.05, 0.1) is 12.2 Å². The van der Waals surface area contributed by atoms with E-state index in [0.717, 1.165) is 23.2 Å². The minimum Gasteiger partial charge on any atom is -0.357 e. The Morgan fingerprint density at radius 1 is 1.45 bits per heavy atom. The molecule has 1 saturated heterocycles. The van der Waals surface area contributed by atoms with Gasteiger partial charge in [0, 0.05) is 29.1 Å². The number of hydrogen-bond acceptors (Lipinski definition) is 4. The van der Waals surface area contributed by atoms with Crippen LogP contribution in [0.1, 0.15) is 51.2 Å². The summed E-state index contributed by atoms with van der Waals surface area (Å²) in [6, 6.07) is 0.540. The first-order valence-electron chi connectivity index (χ1n) is 8.06. The Bertz CT molecular complexity index is 485. The molecule has 2 heterocycles. The second-order valence-corrected chi connectivity index (χ2v) is 8.72. The molecule has 2 rings (SSSR count). The highest BCUT2D eigenvalue weighted by atomic mass is 32.2. The van der Waals surface area contributed by atoms with E-state index in [9.17, 15) is 0 Å². The fraction of sp³-hybridized carbons (Fsp3) is 0.750. The molecular weight excluding hydrogens is 312 g/mol. The minimum atomic E-state index is 0.112. The maximum absolute atomic E-state index is 4.71. The van der Waals surface area contributed by atoms with Crippen molar-refractivity contribution in [3.8, 4) is 0 Å². The number of aromatic nitrogens is 1. The molecule has 1 aromatic heterocycles. The number of guanidine groups is 1. The first-order valence-corrected chi connectivity index (χ1v) is 10.1. The zero-order chi connectivity index (χ0) is 16.0. The van der Waals surface area contributed by atoms with E-state index >= 15 is 0 Å². The van der Waals surface area contributed by atoms with Crippen LogP contribution in [0.25, 0.3) is 0 Å². The summed E-state index contributed by atoms with van der Waals surface area (Å²) in [6.45, 7) is 10.2. The summed E-state index contributed by atoms with van der Waals surface area (Å²) in [7, 11) is 0. The predicted molar refractivity (Wildman–Crippen MR) is 99.1 cm³/mol. The molecule has 0 spiro atoms. The number of nitrogens with one attached hydrogen (secondary N) is 2. The lowest BCUT2D eigenvalue weighted by Crippen LogP contribution is -2.45. The summed E-state index contributed by atoms with van der Waals surface area (Å²) in [6.07, 6.45) is 2.53. The van der Waals surface area contributed by atoms with Crippen molar-refractivity contribution in [1.82, 2.24) is 15.6 Å². The molecule has 22 heavy (non-hydrogen) atoms. The molecule has 0 radical (unpaired) electrons. The Labute approximate surface area is 142 Å². The number of thiazole rings is 1. The molecular formula is C16H28N4S2. The standard InChI is InChI=1S/C16H28N4S2/c1-5-17-15(19-12-7-6-8-21-10-12)18-9-14-20-13(11-22-14)16(2,3)4/h11-12H,5-10H2,1-4H3,(H2,17,18,19). The van der Waals surface area contributed by atoms with Gasteiger partial charge in [-0.1, -0.05) is 20.8 Å². The Balaban J connectivity index is 1.95. The normalized spacial score (nSPS) is 20.0. The van der Waals surface area contributed by atoms with Crippen molar-refractivity contribution in [2.24, 2.45) is 4.99 Å². The molecule has 6 heteroatoms. The zero-order valence-electron chi connectivity index (χ0n) is 14.1. The van der Waals surface area contributed by atoms with E-state index in [-0.39, 0.29) is 5.41 Å². The molecule has 0 bridgehead atoms. The monoisotopic (exact) mass is 340 g/mol. The van der Waals surface area contributed by atoms with Gasteiger partial charge in [0.2, 0.25) is 0 Å². The van der Waals surface area contributed by atoms with E-state index < -0.39 is 0 Å². The molecule has 4 nitrogen and oxygen atoms in total. The lowest BCUT2D eigenvalue weighted by molar-refractivity contribution is 0.570. The molecule has 124 valence electrons. The lowest BCUT2D eigenvalue weighted by atomic mass is 9.93. The van der Waals surface area contributed by atoms with E-state index in [1.54, 1.807) is 11.3 Å². The molecule has 1 aromatic rings. The van der Waals surface area contributed by atoms with Crippen LogP contribution in [0.4, 0.5) is 0 Å². The average Bonchev–Trinajstić information content (AvgIpc) is 2.95. The fourth-order valence-corrected chi connectivity index (χ4v) is 4.26. The molecule has 1 aliphatic heterocycles. The Morgan fingerprint density at radius 3 is 2.86 bits per heavy atom. The van der Waals surface area contributed by atoms with Gasteiger partial charge in [-0.3, -0.25) is 0 Å². The number of nitrogens with zero attached hydrogens (tertiary/aromatic N) is 2. The van der Waals surface area contributed by atoms with Gasteiger partial charge in [0.25, 0.3) is 0 Å². The van der Waals surface area contributed by atoms with Gasteiger partial charge < -0.3 is 10.6 Å². The molecule has 0 amide bonds. The molecule has 1 unspecified atom stereocenters. The number of aliphatic imine (C=N–C) groups is 1. The van der Waals surface area contributed by atoms with Gasteiger partial charge in [-0.05, 0) is 25.5 Å². The average molecular weight is 341 g/mol. The molecule has 2 N–H and O–H groups in total. The molecule has 1 fully saturated rings. The second kappa shape index (κ2) is 8.20. The first kappa shape index (κ1) is 17.6. The van der Waals surface area contributed by atoms with E-state index in [0.29, 0.717) is 12.6 Å². The number of hydrogen-bond donors (Lipinski definition) is 2. The van der Waals surface area contributed by atoms with Crippen LogP contribution in [0.3, 0.4) is 0 Å². The summed E-state index contributed by atoms with van der Waals surface area (Å²) in [5, 5.41) is 10.1. The van der Waals surface area contributed by atoms with Crippen molar-refractivity contribution in [3.63, 3.8) is 0 Å². The third kappa shape index (κ3) is 5.47. The third-order valence-corrected chi connectivity index (χ3v) is 5.59. The molecule has 1 atom stereocenters. The van der Waals surface area contributed by atoms with Gasteiger partial charge in [-0.25, -0.2) is 9.98 Å². The molecule has 1 aliphatic rings. The van der Waals surface area contributed by atoms with Gasteiger partial charge >= 0.3 is 0 Å². The van der Waals surface area contributed by atoms with Gasteiger partial charge in [-0.15, -0.1) is 11.3 Å². The third-order valence-electron chi connectivity index (χ3n) is 3.54. The smallest absolute Gasteiger partial charge is 0.191 e. The fourth-order valence-electron chi connectivity index (χ4n) is 2.24. The van der Waals surface area contributed by atoms with Crippen molar-refractivity contribution >= 4 is 29.1 Å². The summed E-state index contributed by atoms with van der Waals surface area (Å²) in [5.74, 6) is 3.39. The summed E-state index contributed by atoms with van der Waals surface area (Å²) >= 11 is 3.73. The second-order valence-electron chi connectivity index (χ2n) is 6.63.